The summed E-state index contributed by atoms with van der Waals surface area (Å²) in [5, 5.41) is 14.2. The van der Waals surface area contributed by atoms with Crippen molar-refractivity contribution < 1.29 is 9.90 Å². The number of halogens is 1. The van der Waals surface area contributed by atoms with Crippen molar-refractivity contribution in [2.75, 3.05) is 5.75 Å². The van der Waals surface area contributed by atoms with E-state index < -0.39 is 0 Å². The van der Waals surface area contributed by atoms with Crippen LogP contribution in [0.3, 0.4) is 0 Å². The Kier molecular flexibility index (Phi) is 5.77. The summed E-state index contributed by atoms with van der Waals surface area (Å²) in [6.45, 7) is 0. The molecule has 0 fully saturated rings. The lowest BCUT2D eigenvalue weighted by molar-refractivity contribution is -0.118. The molecule has 0 atom stereocenters. The van der Waals surface area contributed by atoms with Crippen LogP contribution in [0.25, 0.3) is 0 Å². The number of carbonyl (C=O) groups is 1. The maximum Gasteiger partial charge on any atom is 0.250 e. The molecular weight excluding hydrogens is 354 g/mol. The number of rotatable bonds is 5. The van der Waals surface area contributed by atoms with Crippen LogP contribution in [0.1, 0.15) is 5.56 Å². The van der Waals surface area contributed by atoms with Gasteiger partial charge in [0.05, 0.1) is 17.0 Å². The molecule has 5 nitrogen and oxygen atoms in total. The van der Waals surface area contributed by atoms with Gasteiger partial charge in [-0.05, 0) is 30.3 Å². The first-order valence-electron chi connectivity index (χ1n) is 5.99. The Labute approximate surface area is 134 Å². The molecule has 1 aromatic carbocycles. The standard InChI is InChI=1S/C14H12BrN3O2S/c15-11-4-5-12(19)10(7-11)8-17-18-13(20)9-21-14-3-1-2-6-16-14/h1-8,19H,9H2,(H,18,20)/b17-8-. The highest BCUT2D eigenvalue weighted by molar-refractivity contribution is 9.10. The molecule has 0 unspecified atom stereocenters. The van der Waals surface area contributed by atoms with Crippen molar-refractivity contribution in [2.45, 2.75) is 5.03 Å². The highest BCUT2D eigenvalue weighted by Gasteiger charge is 2.02. The van der Waals surface area contributed by atoms with Crippen LogP contribution in [0.15, 0.2) is 57.2 Å². The number of amides is 1. The number of thioether (sulfide) groups is 1. The fourth-order valence-electron chi connectivity index (χ4n) is 1.41. The number of aromatic nitrogens is 1. The molecule has 0 spiro atoms. The Hall–Kier alpha value is -1.86. The lowest BCUT2D eigenvalue weighted by Gasteiger charge is -2.01. The van der Waals surface area contributed by atoms with E-state index in [9.17, 15) is 9.90 Å². The number of nitrogens with one attached hydrogen (secondary N) is 1. The number of carbonyl (C=O) groups excluding carboxylic acids is 1. The van der Waals surface area contributed by atoms with Gasteiger partial charge < -0.3 is 5.11 Å². The van der Waals surface area contributed by atoms with Crippen LogP contribution in [0.4, 0.5) is 0 Å². The third-order valence-electron chi connectivity index (χ3n) is 2.37. The zero-order chi connectivity index (χ0) is 15.1. The lowest BCUT2D eigenvalue weighted by atomic mass is 10.2. The summed E-state index contributed by atoms with van der Waals surface area (Å²) in [6, 6.07) is 10.5. The Bertz CT molecular complexity index is 650. The van der Waals surface area contributed by atoms with Crippen LogP contribution in [-0.4, -0.2) is 28.0 Å². The van der Waals surface area contributed by atoms with Crippen LogP contribution < -0.4 is 5.43 Å². The highest BCUT2D eigenvalue weighted by atomic mass is 79.9. The van der Waals surface area contributed by atoms with Crippen molar-refractivity contribution in [3.05, 3.63) is 52.6 Å². The van der Waals surface area contributed by atoms with Gasteiger partial charge in [0.25, 0.3) is 0 Å². The molecule has 0 saturated heterocycles. The molecule has 7 heteroatoms. The molecule has 1 heterocycles. The molecule has 108 valence electrons. The third-order valence-corrected chi connectivity index (χ3v) is 3.81. The molecule has 0 aliphatic heterocycles. The van der Waals surface area contributed by atoms with E-state index in [4.69, 9.17) is 0 Å². The minimum Gasteiger partial charge on any atom is -0.507 e. The van der Waals surface area contributed by atoms with Gasteiger partial charge in [0.1, 0.15) is 5.75 Å². The number of hydrazone groups is 1. The number of phenols is 1. The maximum absolute atomic E-state index is 11.6. The van der Waals surface area contributed by atoms with E-state index in [1.54, 1.807) is 24.4 Å². The SMILES string of the molecule is O=C(CSc1ccccn1)N/N=C\c1cc(Br)ccc1O. The highest BCUT2D eigenvalue weighted by Crippen LogP contribution is 2.20. The van der Waals surface area contributed by atoms with Crippen molar-refractivity contribution in [2.24, 2.45) is 5.10 Å². The van der Waals surface area contributed by atoms with Crippen molar-refractivity contribution in [1.82, 2.24) is 10.4 Å². The molecule has 0 aliphatic rings. The molecule has 1 amide bonds. The smallest absolute Gasteiger partial charge is 0.250 e. The normalized spacial score (nSPS) is 10.7. The topological polar surface area (TPSA) is 74.6 Å². The summed E-state index contributed by atoms with van der Waals surface area (Å²) < 4.78 is 0.818. The van der Waals surface area contributed by atoms with Gasteiger partial charge in [-0.1, -0.05) is 33.8 Å². The van der Waals surface area contributed by atoms with E-state index in [0.717, 1.165) is 9.50 Å². The van der Waals surface area contributed by atoms with Crippen LogP contribution in [0.5, 0.6) is 5.75 Å². The molecule has 2 N–H and O–H groups in total. The number of phenolic OH excluding ortho intramolecular Hbond substituents is 1. The van der Waals surface area contributed by atoms with Crippen LogP contribution in [0.2, 0.25) is 0 Å². The number of pyridine rings is 1. The summed E-state index contributed by atoms with van der Waals surface area (Å²) in [5.74, 6) is 0.0779. The largest absolute Gasteiger partial charge is 0.507 e. The van der Waals surface area contributed by atoms with Gasteiger partial charge in [0.2, 0.25) is 5.91 Å². The zero-order valence-corrected chi connectivity index (χ0v) is 13.3. The molecule has 1 aromatic heterocycles. The fourth-order valence-corrected chi connectivity index (χ4v) is 2.44. The van der Waals surface area contributed by atoms with E-state index in [-0.39, 0.29) is 17.4 Å². The Balaban J connectivity index is 1.83. The van der Waals surface area contributed by atoms with Crippen LogP contribution in [0, 0.1) is 0 Å². The Morgan fingerprint density at radius 1 is 1.43 bits per heavy atom. The number of aromatic hydroxyl groups is 1. The third kappa shape index (κ3) is 5.20. The van der Waals surface area contributed by atoms with Gasteiger partial charge in [0, 0.05) is 16.2 Å². The second kappa shape index (κ2) is 7.80. The molecule has 0 saturated carbocycles. The summed E-state index contributed by atoms with van der Waals surface area (Å²) in [7, 11) is 0. The summed E-state index contributed by atoms with van der Waals surface area (Å²) in [6.07, 6.45) is 3.07. The van der Waals surface area contributed by atoms with Gasteiger partial charge in [-0.25, -0.2) is 10.4 Å². The average molecular weight is 366 g/mol. The molecule has 0 bridgehead atoms. The predicted octanol–water partition coefficient (Wildman–Crippen LogP) is 2.79. The van der Waals surface area contributed by atoms with Crippen LogP contribution in [-0.2, 0) is 4.79 Å². The van der Waals surface area contributed by atoms with Gasteiger partial charge in [0.15, 0.2) is 0 Å². The first-order chi connectivity index (χ1) is 10.1. The number of hydrogen-bond donors (Lipinski definition) is 2. The van der Waals surface area contributed by atoms with Crippen molar-refractivity contribution >= 4 is 39.8 Å². The summed E-state index contributed by atoms with van der Waals surface area (Å²) in [4.78, 5) is 15.7. The molecule has 2 rings (SSSR count). The molecule has 2 aromatic rings. The molecule has 21 heavy (non-hydrogen) atoms. The predicted molar refractivity (Wildman–Crippen MR) is 86.5 cm³/mol. The van der Waals surface area contributed by atoms with Crippen LogP contribution >= 0.6 is 27.7 Å². The maximum atomic E-state index is 11.6. The number of benzene rings is 1. The van der Waals surface area contributed by atoms with E-state index in [0.29, 0.717) is 5.56 Å². The molecular formula is C14H12BrN3O2S. The van der Waals surface area contributed by atoms with Gasteiger partial charge in [-0.15, -0.1) is 0 Å². The average Bonchev–Trinajstić information content (AvgIpc) is 2.50. The second-order valence-electron chi connectivity index (χ2n) is 3.95. The first-order valence-corrected chi connectivity index (χ1v) is 7.77. The first kappa shape index (κ1) is 15.5. The number of hydrogen-bond acceptors (Lipinski definition) is 5. The zero-order valence-electron chi connectivity index (χ0n) is 10.9. The van der Waals surface area contributed by atoms with E-state index in [2.05, 4.69) is 31.4 Å². The molecule has 0 radical (unpaired) electrons. The second-order valence-corrected chi connectivity index (χ2v) is 5.86. The van der Waals surface area contributed by atoms with E-state index in [1.807, 2.05) is 18.2 Å². The number of nitrogens with zero attached hydrogens (tertiary/aromatic N) is 2. The van der Waals surface area contributed by atoms with Gasteiger partial charge in [-0.3, -0.25) is 4.79 Å². The van der Waals surface area contributed by atoms with Gasteiger partial charge >= 0.3 is 0 Å². The lowest BCUT2D eigenvalue weighted by Crippen LogP contribution is -2.19. The van der Waals surface area contributed by atoms with Gasteiger partial charge in [-0.2, -0.15) is 5.10 Å². The molecule has 0 aliphatic carbocycles. The van der Waals surface area contributed by atoms with Crippen molar-refractivity contribution in [1.29, 1.82) is 0 Å². The summed E-state index contributed by atoms with van der Waals surface area (Å²) in [5.41, 5.74) is 2.92. The summed E-state index contributed by atoms with van der Waals surface area (Å²) >= 11 is 4.62. The van der Waals surface area contributed by atoms with Crippen molar-refractivity contribution in [3.63, 3.8) is 0 Å². The fraction of sp³-hybridized carbons (Fsp3) is 0.0714. The van der Waals surface area contributed by atoms with E-state index >= 15 is 0 Å². The Morgan fingerprint density at radius 2 is 2.29 bits per heavy atom. The minimum absolute atomic E-state index is 0.0964. The van der Waals surface area contributed by atoms with E-state index in [1.165, 1.54) is 18.0 Å². The quantitative estimate of drug-likeness (QED) is 0.485. The monoisotopic (exact) mass is 365 g/mol. The Morgan fingerprint density at radius 3 is 3.05 bits per heavy atom. The van der Waals surface area contributed by atoms with Crippen molar-refractivity contribution in [3.8, 4) is 5.75 Å². The minimum atomic E-state index is -0.239.